The minimum atomic E-state index is -0.327. The maximum Gasteiger partial charge on any atom is 0.248 e. The van der Waals surface area contributed by atoms with Crippen molar-refractivity contribution in [2.75, 3.05) is 6.61 Å². The molecule has 24 heavy (non-hydrogen) atoms. The number of benzene rings is 1. The zero-order chi connectivity index (χ0) is 17.5. The van der Waals surface area contributed by atoms with Crippen LogP contribution >= 0.6 is 0 Å². The fraction of sp³-hybridized carbons (Fsp3) is 0.412. The van der Waals surface area contributed by atoms with Crippen LogP contribution in [0.4, 0.5) is 0 Å². The van der Waals surface area contributed by atoms with E-state index < -0.39 is 0 Å². The minimum absolute atomic E-state index is 0.158. The molecule has 0 radical (unpaired) electrons. The summed E-state index contributed by atoms with van der Waals surface area (Å²) in [6, 6.07) is 7.50. The van der Waals surface area contributed by atoms with Gasteiger partial charge in [-0.2, -0.15) is 10.2 Å². The molecule has 1 atom stereocenters. The molecule has 2 N–H and O–H groups in total. The summed E-state index contributed by atoms with van der Waals surface area (Å²) < 4.78 is 5.38. The van der Waals surface area contributed by atoms with Gasteiger partial charge in [0.15, 0.2) is 0 Å². The highest BCUT2D eigenvalue weighted by Gasteiger charge is 2.26. The number of hydrogen-bond donors (Lipinski definition) is 2. The lowest BCUT2D eigenvalue weighted by molar-refractivity contribution is -0.123. The first kappa shape index (κ1) is 17.7. The third-order valence-corrected chi connectivity index (χ3v) is 3.75. The largest absolute Gasteiger partial charge is 0.494 e. The number of ether oxygens (including phenoxy) is 1. The molecule has 1 unspecified atom stereocenters. The van der Waals surface area contributed by atoms with Crippen LogP contribution in [-0.4, -0.2) is 29.8 Å². The quantitative estimate of drug-likeness (QED) is 0.590. The van der Waals surface area contributed by atoms with E-state index in [9.17, 15) is 9.59 Å². The Kier molecular flexibility index (Phi) is 6.06. The molecule has 0 saturated carbocycles. The monoisotopic (exact) mass is 330 g/mol. The lowest BCUT2D eigenvalue weighted by atomic mass is 9.99. The van der Waals surface area contributed by atoms with Crippen LogP contribution in [0.5, 0.6) is 5.75 Å². The highest BCUT2D eigenvalue weighted by atomic mass is 16.5. The molecule has 0 bridgehead atoms. The van der Waals surface area contributed by atoms with Crippen molar-refractivity contribution < 1.29 is 14.3 Å². The topological polar surface area (TPSA) is 92.1 Å². The van der Waals surface area contributed by atoms with Gasteiger partial charge in [0.05, 0.1) is 18.2 Å². The van der Waals surface area contributed by atoms with Crippen LogP contribution in [0.15, 0.2) is 34.5 Å². The molecule has 1 heterocycles. The normalized spacial score (nSPS) is 17.3. The Bertz CT molecular complexity index is 665. The number of rotatable bonds is 7. The SMILES string of the molecule is CCOc1ccc(C(C)=NNC(=O)CCC2C(=O)NN=C2C)cc1. The molecule has 128 valence electrons. The van der Waals surface area contributed by atoms with Crippen LogP contribution in [0.1, 0.15) is 39.2 Å². The Morgan fingerprint density at radius 1 is 1.38 bits per heavy atom. The standard InChI is InChI=1S/C17H22N4O3/c1-4-24-14-7-5-13(6-8-14)11(2)18-20-16(22)10-9-15-12(3)19-21-17(15)23/h5-8,15H,4,9-10H2,1-3H3,(H,20,22)(H,21,23). The average Bonchev–Trinajstić information content (AvgIpc) is 2.90. The molecule has 2 rings (SSSR count). The highest BCUT2D eigenvalue weighted by molar-refractivity contribution is 6.07. The number of hydrogen-bond acceptors (Lipinski definition) is 5. The van der Waals surface area contributed by atoms with Gasteiger partial charge in [-0.15, -0.1) is 0 Å². The Labute approximate surface area is 141 Å². The summed E-state index contributed by atoms with van der Waals surface area (Å²) >= 11 is 0. The smallest absolute Gasteiger partial charge is 0.248 e. The lowest BCUT2D eigenvalue weighted by Gasteiger charge is -2.07. The van der Waals surface area contributed by atoms with E-state index in [1.54, 1.807) is 6.92 Å². The molecule has 1 aliphatic heterocycles. The highest BCUT2D eigenvalue weighted by Crippen LogP contribution is 2.14. The van der Waals surface area contributed by atoms with Gasteiger partial charge in [-0.05, 0) is 57.0 Å². The molecule has 0 aromatic heterocycles. The zero-order valence-corrected chi connectivity index (χ0v) is 14.1. The molecular weight excluding hydrogens is 308 g/mol. The molecular formula is C17H22N4O3. The molecule has 1 aromatic rings. The van der Waals surface area contributed by atoms with Gasteiger partial charge < -0.3 is 4.74 Å². The molecule has 0 fully saturated rings. The van der Waals surface area contributed by atoms with E-state index in [0.29, 0.717) is 24.5 Å². The van der Waals surface area contributed by atoms with Crippen molar-refractivity contribution in [2.45, 2.75) is 33.6 Å². The second-order valence-electron chi connectivity index (χ2n) is 5.51. The van der Waals surface area contributed by atoms with Crippen LogP contribution < -0.4 is 15.6 Å². The van der Waals surface area contributed by atoms with E-state index in [-0.39, 0.29) is 24.2 Å². The Morgan fingerprint density at radius 3 is 2.67 bits per heavy atom. The van der Waals surface area contributed by atoms with Crippen molar-refractivity contribution in [1.29, 1.82) is 0 Å². The second kappa shape index (κ2) is 8.24. The van der Waals surface area contributed by atoms with E-state index in [0.717, 1.165) is 11.3 Å². The summed E-state index contributed by atoms with van der Waals surface area (Å²) in [7, 11) is 0. The maximum atomic E-state index is 11.9. The van der Waals surface area contributed by atoms with Crippen LogP contribution in [0.2, 0.25) is 0 Å². The van der Waals surface area contributed by atoms with Crippen molar-refractivity contribution in [2.24, 2.45) is 16.1 Å². The first-order chi connectivity index (χ1) is 11.5. The molecule has 2 amide bonds. The van der Waals surface area contributed by atoms with Gasteiger partial charge in [-0.3, -0.25) is 9.59 Å². The van der Waals surface area contributed by atoms with Gasteiger partial charge in [0.2, 0.25) is 11.8 Å². The Balaban J connectivity index is 1.84. The van der Waals surface area contributed by atoms with Crippen LogP contribution in [-0.2, 0) is 9.59 Å². The van der Waals surface area contributed by atoms with Crippen molar-refractivity contribution in [3.05, 3.63) is 29.8 Å². The maximum absolute atomic E-state index is 11.9. The number of nitrogens with one attached hydrogen (secondary N) is 2. The van der Waals surface area contributed by atoms with Crippen LogP contribution in [0.25, 0.3) is 0 Å². The van der Waals surface area contributed by atoms with Crippen molar-refractivity contribution in [3.63, 3.8) is 0 Å². The molecule has 1 aromatic carbocycles. The average molecular weight is 330 g/mol. The van der Waals surface area contributed by atoms with E-state index in [2.05, 4.69) is 21.1 Å². The third-order valence-electron chi connectivity index (χ3n) is 3.75. The summed E-state index contributed by atoms with van der Waals surface area (Å²) in [6.07, 6.45) is 0.635. The first-order valence-corrected chi connectivity index (χ1v) is 7.91. The predicted octanol–water partition coefficient (Wildman–Crippen LogP) is 1.83. The zero-order valence-electron chi connectivity index (χ0n) is 14.1. The molecule has 7 heteroatoms. The summed E-state index contributed by atoms with van der Waals surface area (Å²) in [6.45, 7) is 6.14. The van der Waals surface area contributed by atoms with E-state index in [1.807, 2.05) is 38.1 Å². The fourth-order valence-electron chi connectivity index (χ4n) is 2.33. The van der Waals surface area contributed by atoms with Crippen LogP contribution in [0.3, 0.4) is 0 Å². The first-order valence-electron chi connectivity index (χ1n) is 7.91. The summed E-state index contributed by atoms with van der Waals surface area (Å²) in [4.78, 5) is 23.4. The van der Waals surface area contributed by atoms with Gasteiger partial charge in [-0.25, -0.2) is 10.9 Å². The van der Waals surface area contributed by atoms with Crippen molar-refractivity contribution in [3.8, 4) is 5.75 Å². The number of carbonyl (C=O) groups is 2. The second-order valence-corrected chi connectivity index (χ2v) is 5.51. The molecule has 0 saturated heterocycles. The minimum Gasteiger partial charge on any atom is -0.494 e. The van der Waals surface area contributed by atoms with E-state index in [4.69, 9.17) is 4.74 Å². The van der Waals surface area contributed by atoms with Gasteiger partial charge >= 0.3 is 0 Å². The van der Waals surface area contributed by atoms with E-state index in [1.165, 1.54) is 0 Å². The Hall–Kier alpha value is -2.70. The molecule has 0 spiro atoms. The summed E-state index contributed by atoms with van der Waals surface area (Å²) in [5.41, 5.74) is 7.24. The number of hydrazone groups is 2. The Morgan fingerprint density at radius 2 is 2.08 bits per heavy atom. The number of nitrogens with zero attached hydrogens (tertiary/aromatic N) is 2. The van der Waals surface area contributed by atoms with Gasteiger partial charge in [0.1, 0.15) is 5.75 Å². The number of amides is 2. The lowest BCUT2D eigenvalue weighted by Crippen LogP contribution is -2.25. The number of carbonyl (C=O) groups excluding carboxylic acids is 2. The summed E-state index contributed by atoms with van der Waals surface area (Å²) in [5.74, 6) is 0.0825. The van der Waals surface area contributed by atoms with Crippen molar-refractivity contribution >= 4 is 23.2 Å². The summed E-state index contributed by atoms with van der Waals surface area (Å²) in [5, 5.41) is 7.96. The van der Waals surface area contributed by atoms with Gasteiger partial charge in [0, 0.05) is 12.1 Å². The van der Waals surface area contributed by atoms with Crippen LogP contribution in [0, 0.1) is 5.92 Å². The molecule has 7 nitrogen and oxygen atoms in total. The van der Waals surface area contributed by atoms with E-state index >= 15 is 0 Å². The predicted molar refractivity (Wildman–Crippen MR) is 91.9 cm³/mol. The van der Waals surface area contributed by atoms with Gasteiger partial charge in [0.25, 0.3) is 0 Å². The van der Waals surface area contributed by atoms with Gasteiger partial charge in [-0.1, -0.05) is 0 Å². The molecule has 1 aliphatic rings. The molecule has 0 aliphatic carbocycles. The van der Waals surface area contributed by atoms with Crippen molar-refractivity contribution in [1.82, 2.24) is 10.9 Å². The fourth-order valence-corrected chi connectivity index (χ4v) is 2.33. The third kappa shape index (κ3) is 4.65.